The summed E-state index contributed by atoms with van der Waals surface area (Å²) in [4.78, 5) is 22.7. The van der Waals surface area contributed by atoms with Gasteiger partial charge in [-0.25, -0.2) is 10.1 Å². The Morgan fingerprint density at radius 2 is 2.00 bits per heavy atom. The van der Waals surface area contributed by atoms with Crippen molar-refractivity contribution in [1.29, 1.82) is 0 Å². The fourth-order valence-electron chi connectivity index (χ4n) is 2.53. The fraction of sp³-hybridized carbons (Fsp3) is 0.111. The van der Waals surface area contributed by atoms with Crippen molar-refractivity contribution in [2.75, 3.05) is 0 Å². The van der Waals surface area contributed by atoms with Crippen molar-refractivity contribution < 1.29 is 9.72 Å². The zero-order valence-corrected chi connectivity index (χ0v) is 16.5. The molecule has 0 bridgehead atoms. The van der Waals surface area contributed by atoms with Gasteiger partial charge in [0, 0.05) is 22.2 Å². The zero-order chi connectivity index (χ0) is 20.3. The Balaban J connectivity index is 1.83. The van der Waals surface area contributed by atoms with Crippen LogP contribution >= 0.6 is 15.9 Å². The van der Waals surface area contributed by atoms with Gasteiger partial charge in [0.2, 0.25) is 0 Å². The minimum atomic E-state index is -0.471. The SMILES string of the molecule is C/C(=N/NC(=O)c1cccc(Br)c1)c1nnn(-c2cccc([N+](=O)[O-])c2)c1C. The summed E-state index contributed by atoms with van der Waals surface area (Å²) in [7, 11) is 0. The maximum atomic E-state index is 12.2. The van der Waals surface area contributed by atoms with E-state index in [1.165, 1.54) is 16.8 Å². The third-order valence-electron chi connectivity index (χ3n) is 3.93. The number of carbonyl (C=O) groups excluding carboxylic acids is 1. The Morgan fingerprint density at radius 1 is 1.25 bits per heavy atom. The topological polar surface area (TPSA) is 115 Å². The molecule has 2 aromatic carbocycles. The molecule has 0 atom stereocenters. The second kappa shape index (κ2) is 8.09. The number of nitro benzene ring substituents is 1. The number of aromatic nitrogens is 3. The third-order valence-corrected chi connectivity index (χ3v) is 4.43. The van der Waals surface area contributed by atoms with E-state index in [-0.39, 0.29) is 11.6 Å². The van der Waals surface area contributed by atoms with Gasteiger partial charge in [-0.15, -0.1) is 5.10 Å². The van der Waals surface area contributed by atoms with Crippen LogP contribution in [0.3, 0.4) is 0 Å². The number of benzene rings is 2. The summed E-state index contributed by atoms with van der Waals surface area (Å²) in [6.07, 6.45) is 0. The van der Waals surface area contributed by atoms with Crippen molar-refractivity contribution in [1.82, 2.24) is 20.4 Å². The highest BCUT2D eigenvalue weighted by atomic mass is 79.9. The van der Waals surface area contributed by atoms with Crippen molar-refractivity contribution in [3.05, 3.63) is 80.1 Å². The number of halogens is 1. The molecule has 1 aromatic heterocycles. The molecule has 0 radical (unpaired) electrons. The predicted molar refractivity (Wildman–Crippen MR) is 107 cm³/mol. The summed E-state index contributed by atoms with van der Waals surface area (Å²) in [5.74, 6) is -0.357. The van der Waals surface area contributed by atoms with Crippen molar-refractivity contribution >= 4 is 33.2 Å². The average Bonchev–Trinajstić information content (AvgIpc) is 3.07. The van der Waals surface area contributed by atoms with Gasteiger partial charge in [0.05, 0.1) is 22.0 Å². The van der Waals surface area contributed by atoms with E-state index in [1.807, 2.05) is 6.07 Å². The van der Waals surface area contributed by atoms with E-state index in [9.17, 15) is 14.9 Å². The molecule has 28 heavy (non-hydrogen) atoms. The van der Waals surface area contributed by atoms with Gasteiger partial charge in [0.1, 0.15) is 5.69 Å². The van der Waals surface area contributed by atoms with Crippen LogP contribution in [0.25, 0.3) is 5.69 Å². The van der Waals surface area contributed by atoms with Crippen LogP contribution in [-0.2, 0) is 0 Å². The molecule has 1 N–H and O–H groups in total. The summed E-state index contributed by atoms with van der Waals surface area (Å²) in [5, 5.41) is 23.2. The molecule has 0 aliphatic heterocycles. The van der Waals surface area contributed by atoms with Gasteiger partial charge in [0.15, 0.2) is 0 Å². The lowest BCUT2D eigenvalue weighted by molar-refractivity contribution is -0.384. The van der Waals surface area contributed by atoms with Crippen molar-refractivity contribution in [2.24, 2.45) is 5.10 Å². The summed E-state index contributed by atoms with van der Waals surface area (Å²) in [6, 6.07) is 13.0. The van der Waals surface area contributed by atoms with Crippen molar-refractivity contribution in [3.63, 3.8) is 0 Å². The first-order valence-electron chi connectivity index (χ1n) is 8.14. The Bertz CT molecular complexity index is 1090. The molecule has 0 fully saturated rings. The van der Waals surface area contributed by atoms with Gasteiger partial charge in [-0.05, 0) is 38.1 Å². The number of rotatable bonds is 5. The summed E-state index contributed by atoms with van der Waals surface area (Å²) < 4.78 is 2.27. The van der Waals surface area contributed by atoms with Crippen molar-refractivity contribution in [3.8, 4) is 5.69 Å². The molecule has 0 spiro atoms. The molecule has 0 unspecified atom stereocenters. The van der Waals surface area contributed by atoms with Gasteiger partial charge in [-0.3, -0.25) is 14.9 Å². The van der Waals surface area contributed by atoms with Crippen LogP contribution in [-0.4, -0.2) is 31.5 Å². The van der Waals surface area contributed by atoms with Gasteiger partial charge < -0.3 is 0 Å². The molecule has 0 saturated heterocycles. The van der Waals surface area contributed by atoms with Gasteiger partial charge in [-0.1, -0.05) is 33.3 Å². The number of hydrazone groups is 1. The number of nitrogens with zero attached hydrogens (tertiary/aromatic N) is 5. The van der Waals surface area contributed by atoms with E-state index in [2.05, 4.69) is 36.8 Å². The molecule has 9 nitrogen and oxygen atoms in total. The predicted octanol–water partition coefficient (Wildman–Crippen LogP) is 3.40. The number of carbonyl (C=O) groups is 1. The normalized spacial score (nSPS) is 11.3. The molecule has 3 rings (SSSR count). The van der Waals surface area contributed by atoms with Crippen molar-refractivity contribution in [2.45, 2.75) is 13.8 Å². The van der Waals surface area contributed by atoms with Crippen LogP contribution < -0.4 is 5.43 Å². The molecule has 142 valence electrons. The Kier molecular flexibility index (Phi) is 5.59. The number of hydrogen-bond donors (Lipinski definition) is 1. The standard InChI is InChI=1S/C18H15BrN6O3/c1-11(20-22-18(26)13-5-3-6-14(19)9-13)17-12(2)24(23-21-17)15-7-4-8-16(10-15)25(27)28/h3-10H,1-2H3,(H,22,26)/b20-11-. The second-order valence-corrected chi connectivity index (χ2v) is 6.78. The highest BCUT2D eigenvalue weighted by Gasteiger charge is 2.15. The minimum Gasteiger partial charge on any atom is -0.267 e. The first-order chi connectivity index (χ1) is 13.4. The lowest BCUT2D eigenvalue weighted by Gasteiger charge is -2.04. The number of nitro groups is 1. The zero-order valence-electron chi connectivity index (χ0n) is 15.0. The maximum Gasteiger partial charge on any atom is 0.271 e. The van der Waals surface area contributed by atoms with E-state index >= 15 is 0 Å². The molecule has 0 saturated carbocycles. The van der Waals surface area contributed by atoms with Gasteiger partial charge >= 0.3 is 0 Å². The molecule has 3 aromatic rings. The third kappa shape index (κ3) is 4.12. The van der Waals surface area contributed by atoms with Crippen LogP contribution in [0.15, 0.2) is 58.1 Å². The van der Waals surface area contributed by atoms with E-state index in [4.69, 9.17) is 0 Å². The van der Waals surface area contributed by atoms with Crippen LogP contribution in [0.1, 0.15) is 28.7 Å². The van der Waals surface area contributed by atoms with Crippen LogP contribution in [0.4, 0.5) is 5.69 Å². The smallest absolute Gasteiger partial charge is 0.267 e. The lowest BCUT2D eigenvalue weighted by Crippen LogP contribution is -2.19. The number of nitrogens with one attached hydrogen (secondary N) is 1. The Hall–Kier alpha value is -3.40. The molecular weight excluding hydrogens is 428 g/mol. The van der Waals surface area contributed by atoms with Gasteiger partial charge in [0.25, 0.3) is 11.6 Å². The maximum absolute atomic E-state index is 12.2. The largest absolute Gasteiger partial charge is 0.271 e. The number of amides is 1. The summed E-state index contributed by atoms with van der Waals surface area (Å²) in [5.41, 5.74) is 4.98. The first-order valence-corrected chi connectivity index (χ1v) is 8.94. The van der Waals surface area contributed by atoms with Crippen LogP contribution in [0.5, 0.6) is 0 Å². The fourth-order valence-corrected chi connectivity index (χ4v) is 2.93. The lowest BCUT2D eigenvalue weighted by atomic mass is 10.2. The molecular formula is C18H15BrN6O3. The average molecular weight is 443 g/mol. The molecule has 0 aliphatic carbocycles. The Labute approximate surface area is 168 Å². The Morgan fingerprint density at radius 3 is 2.71 bits per heavy atom. The van der Waals surface area contributed by atoms with E-state index in [1.54, 1.807) is 44.2 Å². The number of non-ortho nitro benzene ring substituents is 1. The molecule has 1 amide bonds. The van der Waals surface area contributed by atoms with Crippen LogP contribution in [0, 0.1) is 17.0 Å². The number of hydrogen-bond acceptors (Lipinski definition) is 6. The summed E-state index contributed by atoms with van der Waals surface area (Å²) in [6.45, 7) is 3.46. The quantitative estimate of drug-likeness (QED) is 0.369. The highest BCUT2D eigenvalue weighted by Crippen LogP contribution is 2.18. The molecule has 1 heterocycles. The monoisotopic (exact) mass is 442 g/mol. The van der Waals surface area contributed by atoms with Gasteiger partial charge in [-0.2, -0.15) is 5.10 Å². The minimum absolute atomic E-state index is 0.0411. The van der Waals surface area contributed by atoms with E-state index < -0.39 is 4.92 Å². The second-order valence-electron chi connectivity index (χ2n) is 5.86. The van der Waals surface area contributed by atoms with E-state index in [0.29, 0.717) is 28.4 Å². The van der Waals surface area contributed by atoms with E-state index in [0.717, 1.165) is 4.47 Å². The highest BCUT2D eigenvalue weighted by molar-refractivity contribution is 9.10. The summed E-state index contributed by atoms with van der Waals surface area (Å²) >= 11 is 3.32. The molecule has 0 aliphatic rings. The molecule has 10 heteroatoms. The first kappa shape index (κ1) is 19.4. The van der Waals surface area contributed by atoms with Crippen LogP contribution in [0.2, 0.25) is 0 Å².